The third-order valence-corrected chi connectivity index (χ3v) is 5.04. The van der Waals surface area contributed by atoms with E-state index in [0.717, 1.165) is 0 Å². The van der Waals surface area contributed by atoms with Crippen LogP contribution in [0.4, 0.5) is 8.78 Å². The van der Waals surface area contributed by atoms with Crippen molar-refractivity contribution in [1.82, 2.24) is 15.2 Å². The number of rotatable bonds is 3. The van der Waals surface area contributed by atoms with Gasteiger partial charge in [-0.05, 0) is 61.4 Å². The van der Waals surface area contributed by atoms with E-state index in [1.54, 1.807) is 17.0 Å². The lowest BCUT2D eigenvalue weighted by atomic mass is 10.0. The van der Waals surface area contributed by atoms with Crippen LogP contribution in [0.15, 0.2) is 48.5 Å². The molecule has 28 heavy (non-hydrogen) atoms. The van der Waals surface area contributed by atoms with E-state index in [-0.39, 0.29) is 29.5 Å². The van der Waals surface area contributed by atoms with E-state index >= 15 is 0 Å². The first-order chi connectivity index (χ1) is 13.5. The number of fused-ring (bicyclic) bond motifs is 1. The smallest absolute Gasteiger partial charge is 0.270 e. The van der Waals surface area contributed by atoms with E-state index in [9.17, 15) is 18.4 Å². The fourth-order valence-corrected chi connectivity index (χ4v) is 3.49. The number of aromatic amines is 1. The van der Waals surface area contributed by atoms with Crippen LogP contribution in [0.25, 0.3) is 10.9 Å². The number of piperidine rings is 1. The van der Waals surface area contributed by atoms with E-state index in [1.165, 1.54) is 36.4 Å². The summed E-state index contributed by atoms with van der Waals surface area (Å²) in [6.45, 7) is 1.02. The van der Waals surface area contributed by atoms with E-state index in [2.05, 4.69) is 10.3 Å². The topological polar surface area (TPSA) is 65.2 Å². The number of aromatic nitrogens is 1. The summed E-state index contributed by atoms with van der Waals surface area (Å²) in [5, 5.41) is 3.59. The average molecular weight is 383 g/mol. The first-order valence-electron chi connectivity index (χ1n) is 9.13. The highest BCUT2D eigenvalue weighted by Crippen LogP contribution is 2.20. The Kier molecular flexibility index (Phi) is 4.81. The molecule has 1 fully saturated rings. The number of halogens is 2. The Labute approximate surface area is 160 Å². The van der Waals surface area contributed by atoms with Gasteiger partial charge in [0.05, 0.1) is 0 Å². The normalized spacial score (nSPS) is 15.0. The molecule has 0 radical (unpaired) electrons. The number of hydrogen-bond acceptors (Lipinski definition) is 2. The van der Waals surface area contributed by atoms with Gasteiger partial charge in [-0.25, -0.2) is 8.78 Å². The molecule has 1 aromatic heterocycles. The van der Waals surface area contributed by atoms with Crippen molar-refractivity contribution in [2.24, 2.45) is 0 Å². The van der Waals surface area contributed by atoms with Crippen molar-refractivity contribution in [3.05, 3.63) is 71.4 Å². The molecule has 2 aromatic carbocycles. The summed E-state index contributed by atoms with van der Waals surface area (Å²) in [6, 6.07) is 11.4. The molecule has 0 unspecified atom stereocenters. The lowest BCUT2D eigenvalue weighted by molar-refractivity contribution is 0.0693. The zero-order valence-corrected chi connectivity index (χ0v) is 15.0. The minimum atomic E-state index is -0.386. The standard InChI is InChI=1S/C21H19F2N3O2/c22-15-3-1-13(2-4-15)20(27)24-17-7-9-26(10-8-17)21(28)19-12-14-11-16(23)5-6-18(14)25-19/h1-6,11-12,17,25H,7-10H2,(H,24,27). The molecule has 2 heterocycles. The summed E-state index contributed by atoms with van der Waals surface area (Å²) in [5.74, 6) is -1.12. The van der Waals surface area contributed by atoms with Gasteiger partial charge in [0.2, 0.25) is 0 Å². The van der Waals surface area contributed by atoms with Gasteiger partial charge in [-0.2, -0.15) is 0 Å². The predicted octanol–water partition coefficient (Wildman–Crippen LogP) is 3.48. The van der Waals surface area contributed by atoms with Gasteiger partial charge in [0.1, 0.15) is 17.3 Å². The molecule has 0 aliphatic carbocycles. The lowest BCUT2D eigenvalue weighted by Gasteiger charge is -2.32. The zero-order valence-electron chi connectivity index (χ0n) is 15.0. The number of H-pyrrole nitrogens is 1. The van der Waals surface area contributed by atoms with E-state index < -0.39 is 0 Å². The Morgan fingerprint density at radius 1 is 0.964 bits per heavy atom. The Bertz CT molecular complexity index is 1020. The molecule has 144 valence electrons. The van der Waals surface area contributed by atoms with Crippen LogP contribution in [-0.2, 0) is 0 Å². The van der Waals surface area contributed by atoms with Crippen molar-refractivity contribution in [2.45, 2.75) is 18.9 Å². The van der Waals surface area contributed by atoms with Crippen molar-refractivity contribution in [3.8, 4) is 0 Å². The molecule has 4 rings (SSSR count). The first-order valence-corrected chi connectivity index (χ1v) is 9.13. The van der Waals surface area contributed by atoms with E-state index in [4.69, 9.17) is 0 Å². The second-order valence-corrected chi connectivity index (χ2v) is 6.96. The number of hydrogen-bond donors (Lipinski definition) is 2. The van der Waals surface area contributed by atoms with Crippen molar-refractivity contribution < 1.29 is 18.4 Å². The molecule has 3 aromatic rings. The van der Waals surface area contributed by atoms with Gasteiger partial charge in [-0.15, -0.1) is 0 Å². The van der Waals surface area contributed by atoms with Gasteiger partial charge < -0.3 is 15.2 Å². The van der Waals surface area contributed by atoms with Crippen LogP contribution < -0.4 is 5.32 Å². The fraction of sp³-hybridized carbons (Fsp3) is 0.238. The molecule has 7 heteroatoms. The molecule has 1 aliphatic rings. The van der Waals surface area contributed by atoms with Crippen LogP contribution in [-0.4, -0.2) is 40.8 Å². The molecule has 2 N–H and O–H groups in total. The zero-order chi connectivity index (χ0) is 19.7. The molecule has 0 spiro atoms. The minimum Gasteiger partial charge on any atom is -0.351 e. The monoisotopic (exact) mass is 383 g/mol. The molecule has 0 saturated carbocycles. The Morgan fingerprint density at radius 3 is 2.36 bits per heavy atom. The molecule has 1 aliphatic heterocycles. The summed E-state index contributed by atoms with van der Waals surface area (Å²) in [5.41, 5.74) is 1.55. The molecular formula is C21H19F2N3O2. The highest BCUT2D eigenvalue weighted by atomic mass is 19.1. The van der Waals surface area contributed by atoms with E-state index in [0.29, 0.717) is 48.1 Å². The number of benzene rings is 2. The highest BCUT2D eigenvalue weighted by molar-refractivity contribution is 5.98. The number of amides is 2. The summed E-state index contributed by atoms with van der Waals surface area (Å²) >= 11 is 0. The molecule has 2 amide bonds. The van der Waals surface area contributed by atoms with Gasteiger partial charge in [0.15, 0.2) is 0 Å². The average Bonchev–Trinajstić information content (AvgIpc) is 3.11. The quantitative estimate of drug-likeness (QED) is 0.727. The van der Waals surface area contributed by atoms with Crippen molar-refractivity contribution in [3.63, 3.8) is 0 Å². The third kappa shape index (κ3) is 3.74. The van der Waals surface area contributed by atoms with Gasteiger partial charge in [0.25, 0.3) is 11.8 Å². The maximum Gasteiger partial charge on any atom is 0.270 e. The fourth-order valence-electron chi connectivity index (χ4n) is 3.49. The summed E-state index contributed by atoms with van der Waals surface area (Å²) in [4.78, 5) is 29.7. The molecule has 0 atom stereocenters. The van der Waals surface area contributed by atoms with E-state index in [1.807, 2.05) is 0 Å². The maximum atomic E-state index is 13.3. The van der Waals surface area contributed by atoms with Crippen LogP contribution >= 0.6 is 0 Å². The van der Waals surface area contributed by atoms with Gasteiger partial charge >= 0.3 is 0 Å². The number of likely N-dealkylation sites (tertiary alicyclic amines) is 1. The number of nitrogens with one attached hydrogen (secondary N) is 2. The summed E-state index contributed by atoms with van der Waals surface area (Å²) in [7, 11) is 0. The first kappa shape index (κ1) is 18.2. The number of carbonyl (C=O) groups excluding carboxylic acids is 2. The summed E-state index contributed by atoms with van der Waals surface area (Å²) in [6.07, 6.45) is 1.26. The van der Waals surface area contributed by atoms with Crippen LogP contribution in [0.1, 0.15) is 33.7 Å². The lowest BCUT2D eigenvalue weighted by Crippen LogP contribution is -2.46. The highest BCUT2D eigenvalue weighted by Gasteiger charge is 2.25. The molecule has 0 bridgehead atoms. The number of carbonyl (C=O) groups is 2. The maximum absolute atomic E-state index is 13.3. The third-order valence-electron chi connectivity index (χ3n) is 5.04. The van der Waals surface area contributed by atoms with Crippen LogP contribution in [0.2, 0.25) is 0 Å². The van der Waals surface area contributed by atoms with Gasteiger partial charge in [0, 0.05) is 35.6 Å². The van der Waals surface area contributed by atoms with Crippen molar-refractivity contribution in [2.75, 3.05) is 13.1 Å². The van der Waals surface area contributed by atoms with Gasteiger partial charge in [-0.1, -0.05) is 0 Å². The van der Waals surface area contributed by atoms with Crippen LogP contribution in [0.3, 0.4) is 0 Å². The van der Waals surface area contributed by atoms with Crippen LogP contribution in [0.5, 0.6) is 0 Å². The largest absolute Gasteiger partial charge is 0.351 e. The van der Waals surface area contributed by atoms with Gasteiger partial charge in [-0.3, -0.25) is 9.59 Å². The minimum absolute atomic E-state index is 0.0431. The Balaban J connectivity index is 1.35. The SMILES string of the molecule is O=C(NC1CCN(C(=O)c2cc3cc(F)ccc3[nH]2)CC1)c1ccc(F)cc1. The Morgan fingerprint density at radius 2 is 1.64 bits per heavy atom. The Hall–Kier alpha value is -3.22. The van der Waals surface area contributed by atoms with Crippen LogP contribution in [0, 0.1) is 11.6 Å². The van der Waals surface area contributed by atoms with Crippen molar-refractivity contribution in [1.29, 1.82) is 0 Å². The summed E-state index contributed by atoms with van der Waals surface area (Å²) < 4.78 is 26.3. The number of nitrogens with zero attached hydrogens (tertiary/aromatic N) is 1. The molecular weight excluding hydrogens is 364 g/mol. The van der Waals surface area contributed by atoms with Crippen molar-refractivity contribution >= 4 is 22.7 Å². The predicted molar refractivity (Wildman–Crippen MR) is 101 cm³/mol. The second-order valence-electron chi connectivity index (χ2n) is 6.96. The molecule has 1 saturated heterocycles. The second kappa shape index (κ2) is 7.42. The molecule has 5 nitrogen and oxygen atoms in total.